The Morgan fingerprint density at radius 2 is 1.72 bits per heavy atom. The molecule has 0 spiro atoms. The lowest BCUT2D eigenvalue weighted by Crippen LogP contribution is -2.37. The number of aromatic nitrogens is 2. The Morgan fingerprint density at radius 1 is 1.07 bits per heavy atom. The van der Waals surface area contributed by atoms with Gasteiger partial charge in [0.2, 0.25) is 21.7 Å². The molecule has 0 radical (unpaired) electrons. The van der Waals surface area contributed by atoms with Gasteiger partial charge >= 0.3 is 0 Å². The highest BCUT2D eigenvalue weighted by Crippen LogP contribution is 2.31. The number of ether oxygens (including phenoxy) is 1. The second-order valence-electron chi connectivity index (χ2n) is 6.82. The molecule has 0 amide bonds. The highest BCUT2D eigenvalue weighted by molar-refractivity contribution is 9.10. The number of halogens is 1. The second-order valence-corrected chi connectivity index (χ2v) is 9.67. The number of hydrogen-bond donors (Lipinski definition) is 0. The van der Waals surface area contributed by atoms with Crippen molar-refractivity contribution in [3.63, 3.8) is 0 Å². The molecule has 152 valence electrons. The zero-order chi connectivity index (χ0) is 20.4. The van der Waals surface area contributed by atoms with Crippen molar-refractivity contribution in [2.45, 2.75) is 23.7 Å². The largest absolute Gasteiger partial charge is 0.497 e. The van der Waals surface area contributed by atoms with Crippen molar-refractivity contribution in [3.05, 3.63) is 58.9 Å². The van der Waals surface area contributed by atoms with Crippen LogP contribution >= 0.6 is 15.9 Å². The van der Waals surface area contributed by atoms with Gasteiger partial charge in [0.15, 0.2) is 0 Å². The van der Waals surface area contributed by atoms with E-state index in [4.69, 9.17) is 9.26 Å². The van der Waals surface area contributed by atoms with Gasteiger partial charge in [-0.25, -0.2) is 8.42 Å². The molecular weight excluding hydrogens is 458 g/mol. The minimum atomic E-state index is -3.53. The van der Waals surface area contributed by atoms with E-state index in [2.05, 4.69) is 26.1 Å². The highest BCUT2D eigenvalue weighted by Gasteiger charge is 2.32. The Morgan fingerprint density at radius 3 is 2.34 bits per heavy atom. The average molecular weight is 478 g/mol. The highest BCUT2D eigenvalue weighted by atomic mass is 79.9. The van der Waals surface area contributed by atoms with Crippen molar-refractivity contribution >= 4 is 26.0 Å². The fraction of sp³-hybridized carbons (Fsp3) is 0.300. The summed E-state index contributed by atoms with van der Waals surface area (Å²) in [5, 5.41) is 4.08. The molecule has 0 saturated carbocycles. The van der Waals surface area contributed by atoms with Gasteiger partial charge in [-0.05, 0) is 61.4 Å². The lowest BCUT2D eigenvalue weighted by molar-refractivity contribution is 0.271. The number of piperidine rings is 1. The molecule has 4 rings (SSSR count). The van der Waals surface area contributed by atoms with Crippen molar-refractivity contribution in [2.24, 2.45) is 0 Å². The molecule has 1 aliphatic rings. The summed E-state index contributed by atoms with van der Waals surface area (Å²) in [6.45, 7) is 0.823. The predicted molar refractivity (Wildman–Crippen MR) is 111 cm³/mol. The Kier molecular flexibility index (Phi) is 5.71. The van der Waals surface area contributed by atoms with E-state index >= 15 is 0 Å². The molecule has 1 saturated heterocycles. The van der Waals surface area contributed by atoms with Crippen molar-refractivity contribution in [2.75, 3.05) is 20.2 Å². The van der Waals surface area contributed by atoms with Gasteiger partial charge in [-0.2, -0.15) is 9.29 Å². The minimum Gasteiger partial charge on any atom is -0.497 e. The van der Waals surface area contributed by atoms with Crippen molar-refractivity contribution in [3.8, 4) is 17.1 Å². The predicted octanol–water partition coefficient (Wildman–Crippen LogP) is 4.08. The molecule has 1 aromatic heterocycles. The summed E-state index contributed by atoms with van der Waals surface area (Å²) in [7, 11) is -1.98. The lowest BCUT2D eigenvalue weighted by Gasteiger charge is -2.29. The number of sulfonamides is 1. The van der Waals surface area contributed by atoms with E-state index in [-0.39, 0.29) is 10.8 Å². The van der Waals surface area contributed by atoms with Gasteiger partial charge in [-0.3, -0.25) is 0 Å². The quantitative estimate of drug-likeness (QED) is 0.550. The van der Waals surface area contributed by atoms with Crippen molar-refractivity contribution in [1.29, 1.82) is 0 Å². The monoisotopic (exact) mass is 477 g/mol. The molecule has 29 heavy (non-hydrogen) atoms. The molecule has 0 atom stereocenters. The number of hydrogen-bond acceptors (Lipinski definition) is 6. The molecule has 7 nitrogen and oxygen atoms in total. The minimum absolute atomic E-state index is 0.0500. The number of benzene rings is 2. The van der Waals surface area contributed by atoms with E-state index < -0.39 is 10.0 Å². The molecular formula is C20H20BrN3O4S. The first-order chi connectivity index (χ1) is 14.0. The van der Waals surface area contributed by atoms with Gasteiger partial charge in [-0.1, -0.05) is 21.1 Å². The zero-order valence-corrected chi connectivity index (χ0v) is 18.2. The molecule has 0 unspecified atom stereocenters. The normalized spacial score (nSPS) is 16.1. The third-order valence-corrected chi connectivity index (χ3v) is 7.49. The SMILES string of the molecule is COc1ccc(S(=O)(=O)N2CCC(c3nc(-c4ccc(Br)cc4)no3)CC2)cc1. The maximum Gasteiger partial charge on any atom is 0.243 e. The first-order valence-electron chi connectivity index (χ1n) is 9.21. The van der Waals surface area contributed by atoms with Crippen LogP contribution in [0.15, 0.2) is 62.4 Å². The third-order valence-electron chi connectivity index (χ3n) is 5.04. The van der Waals surface area contributed by atoms with E-state index in [0.29, 0.717) is 43.4 Å². The lowest BCUT2D eigenvalue weighted by atomic mass is 9.98. The fourth-order valence-corrected chi connectivity index (χ4v) is 5.09. The molecule has 0 aliphatic carbocycles. The van der Waals surface area contributed by atoms with Gasteiger partial charge in [0.05, 0.1) is 12.0 Å². The van der Waals surface area contributed by atoms with Crippen molar-refractivity contribution in [1.82, 2.24) is 14.4 Å². The first-order valence-corrected chi connectivity index (χ1v) is 11.4. The summed E-state index contributed by atoms with van der Waals surface area (Å²) >= 11 is 3.41. The van der Waals surface area contributed by atoms with Crippen LogP contribution < -0.4 is 4.74 Å². The summed E-state index contributed by atoms with van der Waals surface area (Å²) in [4.78, 5) is 4.79. The molecule has 1 fully saturated rings. The molecule has 2 aromatic carbocycles. The third kappa shape index (κ3) is 4.22. The van der Waals surface area contributed by atoms with E-state index in [0.717, 1.165) is 10.0 Å². The van der Waals surface area contributed by atoms with E-state index in [1.165, 1.54) is 4.31 Å². The first kappa shape index (κ1) is 20.1. The van der Waals surface area contributed by atoms with Gasteiger partial charge in [0, 0.05) is 29.0 Å². The van der Waals surface area contributed by atoms with E-state index in [9.17, 15) is 8.42 Å². The van der Waals surface area contributed by atoms with Crippen LogP contribution in [0.5, 0.6) is 5.75 Å². The van der Waals surface area contributed by atoms with Gasteiger partial charge in [0.25, 0.3) is 0 Å². The summed E-state index contributed by atoms with van der Waals surface area (Å²) in [5.41, 5.74) is 0.878. The average Bonchev–Trinajstić information content (AvgIpc) is 3.24. The van der Waals surface area contributed by atoms with Gasteiger partial charge < -0.3 is 9.26 Å². The van der Waals surface area contributed by atoms with E-state index in [1.807, 2.05) is 24.3 Å². The summed E-state index contributed by atoms with van der Waals surface area (Å²) in [6.07, 6.45) is 1.27. The molecule has 9 heteroatoms. The fourth-order valence-electron chi connectivity index (χ4n) is 3.36. The van der Waals surface area contributed by atoms with Crippen LogP contribution in [0.1, 0.15) is 24.7 Å². The Labute approximate surface area is 177 Å². The van der Waals surface area contributed by atoms with Gasteiger partial charge in [0.1, 0.15) is 5.75 Å². The van der Waals surface area contributed by atoms with Crippen LogP contribution in [0.3, 0.4) is 0 Å². The number of nitrogens with zero attached hydrogens (tertiary/aromatic N) is 3. The van der Waals surface area contributed by atoms with Crippen LogP contribution in [0.25, 0.3) is 11.4 Å². The van der Waals surface area contributed by atoms with Crippen LogP contribution in [0.2, 0.25) is 0 Å². The zero-order valence-electron chi connectivity index (χ0n) is 15.8. The Bertz CT molecular complexity index is 1070. The number of methoxy groups -OCH3 is 1. The molecule has 0 N–H and O–H groups in total. The van der Waals surface area contributed by atoms with Crippen LogP contribution in [0.4, 0.5) is 0 Å². The van der Waals surface area contributed by atoms with Crippen LogP contribution in [-0.2, 0) is 10.0 Å². The Hall–Kier alpha value is -2.23. The summed E-state index contributed by atoms with van der Waals surface area (Å²) < 4.78 is 38.8. The molecule has 1 aliphatic heterocycles. The topological polar surface area (TPSA) is 85.5 Å². The number of rotatable bonds is 5. The summed E-state index contributed by atoms with van der Waals surface area (Å²) in [5.74, 6) is 1.78. The molecule has 0 bridgehead atoms. The van der Waals surface area contributed by atoms with Crippen molar-refractivity contribution < 1.29 is 17.7 Å². The smallest absolute Gasteiger partial charge is 0.243 e. The second kappa shape index (κ2) is 8.25. The molecule has 2 heterocycles. The Balaban J connectivity index is 1.43. The maximum absolute atomic E-state index is 12.9. The maximum atomic E-state index is 12.9. The summed E-state index contributed by atoms with van der Waals surface area (Å²) in [6, 6.07) is 14.1. The molecule has 3 aromatic rings. The van der Waals surface area contributed by atoms with E-state index in [1.54, 1.807) is 31.4 Å². The standard InChI is InChI=1S/C20H20BrN3O4S/c1-27-17-6-8-18(9-7-17)29(25,26)24-12-10-15(11-13-24)20-22-19(23-28-20)14-2-4-16(21)5-3-14/h2-9,15H,10-13H2,1H3. The van der Waals surface area contributed by atoms with Crippen LogP contribution in [-0.4, -0.2) is 43.1 Å². The van der Waals surface area contributed by atoms with Gasteiger partial charge in [-0.15, -0.1) is 0 Å². The van der Waals surface area contributed by atoms with Crippen LogP contribution in [0, 0.1) is 0 Å².